The van der Waals surface area contributed by atoms with E-state index < -0.39 is 5.56 Å². The first-order valence-corrected chi connectivity index (χ1v) is 7.83. The Balaban J connectivity index is 1.90. The summed E-state index contributed by atoms with van der Waals surface area (Å²) in [4.78, 5) is 18.9. The predicted octanol–water partition coefficient (Wildman–Crippen LogP) is 3.11. The van der Waals surface area contributed by atoms with E-state index in [1.165, 1.54) is 18.3 Å². The van der Waals surface area contributed by atoms with Gasteiger partial charge in [-0.05, 0) is 23.8 Å². The molecule has 3 aromatic rings. The Morgan fingerprint density at radius 1 is 1.27 bits per heavy atom. The van der Waals surface area contributed by atoms with E-state index in [9.17, 15) is 15.2 Å². The Morgan fingerprint density at radius 2 is 2.04 bits per heavy atom. The second-order valence-corrected chi connectivity index (χ2v) is 5.60. The van der Waals surface area contributed by atoms with Crippen LogP contribution in [0.3, 0.4) is 0 Å². The Kier molecular flexibility index (Phi) is 4.97. The number of anilines is 1. The molecule has 0 aliphatic rings. The molecule has 128 valence electrons. The molecule has 26 heavy (non-hydrogen) atoms. The van der Waals surface area contributed by atoms with Crippen molar-refractivity contribution in [2.24, 2.45) is 5.10 Å². The smallest absolute Gasteiger partial charge is 0.270 e. The molecule has 0 amide bonds. The molecule has 1 aromatic heterocycles. The summed E-state index contributed by atoms with van der Waals surface area (Å²) in [5, 5.41) is 22.8. The van der Waals surface area contributed by atoms with Gasteiger partial charge in [-0.1, -0.05) is 41.9 Å². The zero-order chi connectivity index (χ0) is 18.5. The number of hydrogen-bond donors (Lipinski definition) is 3. The van der Waals surface area contributed by atoms with Crippen LogP contribution in [0.5, 0.6) is 5.75 Å². The number of rotatable bonds is 4. The number of benzene rings is 2. The number of nitrogens with one attached hydrogen (secondary N) is 2. The van der Waals surface area contributed by atoms with Gasteiger partial charge < -0.3 is 5.11 Å². The van der Waals surface area contributed by atoms with Gasteiger partial charge in [0.15, 0.2) is 0 Å². The van der Waals surface area contributed by atoms with Crippen LogP contribution in [-0.2, 0) is 0 Å². The van der Waals surface area contributed by atoms with E-state index in [2.05, 4.69) is 20.5 Å². The van der Waals surface area contributed by atoms with Crippen molar-refractivity contribution in [2.45, 2.75) is 0 Å². The van der Waals surface area contributed by atoms with Crippen LogP contribution >= 0.6 is 11.6 Å². The SMILES string of the molecule is N#Cc1c(-c2ccccc2)nc(NN=Cc2ccc(O)c(Cl)c2)[nH]c1=O. The molecule has 0 atom stereocenters. The summed E-state index contributed by atoms with van der Waals surface area (Å²) in [7, 11) is 0. The van der Waals surface area contributed by atoms with Crippen LogP contribution in [0.15, 0.2) is 58.4 Å². The lowest BCUT2D eigenvalue weighted by atomic mass is 10.1. The highest BCUT2D eigenvalue weighted by atomic mass is 35.5. The zero-order valence-corrected chi connectivity index (χ0v) is 14.0. The number of aromatic hydroxyl groups is 1. The van der Waals surface area contributed by atoms with Crippen LogP contribution in [0.4, 0.5) is 5.95 Å². The largest absolute Gasteiger partial charge is 0.506 e. The van der Waals surface area contributed by atoms with Gasteiger partial charge in [0.25, 0.3) is 5.56 Å². The van der Waals surface area contributed by atoms with Crippen molar-refractivity contribution < 1.29 is 5.11 Å². The number of phenolic OH excluding ortho intramolecular Hbond substituents is 1. The molecule has 2 aromatic carbocycles. The van der Waals surface area contributed by atoms with Gasteiger partial charge in [-0.15, -0.1) is 0 Å². The summed E-state index contributed by atoms with van der Waals surface area (Å²) >= 11 is 5.83. The maximum Gasteiger partial charge on any atom is 0.270 e. The lowest BCUT2D eigenvalue weighted by molar-refractivity contribution is 0.475. The van der Waals surface area contributed by atoms with Crippen molar-refractivity contribution in [3.63, 3.8) is 0 Å². The maximum absolute atomic E-state index is 12.1. The van der Waals surface area contributed by atoms with Crippen LogP contribution in [0.2, 0.25) is 5.02 Å². The van der Waals surface area contributed by atoms with Gasteiger partial charge >= 0.3 is 0 Å². The number of hydrogen-bond acceptors (Lipinski definition) is 6. The molecule has 0 aliphatic heterocycles. The number of hydrazone groups is 1. The molecule has 0 aliphatic carbocycles. The van der Waals surface area contributed by atoms with Crippen LogP contribution in [0, 0.1) is 11.3 Å². The van der Waals surface area contributed by atoms with Crippen LogP contribution in [0.25, 0.3) is 11.3 Å². The third-order valence-electron chi connectivity index (χ3n) is 3.43. The first-order chi connectivity index (χ1) is 12.6. The summed E-state index contributed by atoms with van der Waals surface area (Å²) in [6.45, 7) is 0. The zero-order valence-electron chi connectivity index (χ0n) is 13.3. The minimum absolute atomic E-state index is 0.0256. The highest BCUT2D eigenvalue weighted by Crippen LogP contribution is 2.23. The molecule has 0 radical (unpaired) electrons. The molecular formula is C18H12ClN5O2. The summed E-state index contributed by atoms with van der Waals surface area (Å²) in [6.07, 6.45) is 1.45. The van der Waals surface area contributed by atoms with E-state index in [4.69, 9.17) is 11.6 Å². The minimum atomic E-state index is -0.563. The molecule has 8 heteroatoms. The van der Waals surface area contributed by atoms with Crippen molar-refractivity contribution in [3.8, 4) is 23.1 Å². The Hall–Kier alpha value is -3.63. The fourth-order valence-corrected chi connectivity index (χ4v) is 2.40. The number of nitriles is 1. The van der Waals surface area contributed by atoms with E-state index in [1.807, 2.05) is 12.1 Å². The van der Waals surface area contributed by atoms with Crippen molar-refractivity contribution in [2.75, 3.05) is 5.43 Å². The molecule has 0 saturated heterocycles. The molecule has 0 unspecified atom stereocenters. The number of H-pyrrole nitrogens is 1. The van der Waals surface area contributed by atoms with Gasteiger partial charge in [0, 0.05) is 5.56 Å². The van der Waals surface area contributed by atoms with Gasteiger partial charge in [-0.25, -0.2) is 10.4 Å². The number of phenols is 1. The van der Waals surface area contributed by atoms with Crippen molar-refractivity contribution >= 4 is 23.8 Å². The third kappa shape index (κ3) is 3.71. The minimum Gasteiger partial charge on any atom is -0.506 e. The Morgan fingerprint density at radius 3 is 2.73 bits per heavy atom. The van der Waals surface area contributed by atoms with E-state index in [0.717, 1.165) is 0 Å². The van der Waals surface area contributed by atoms with Crippen molar-refractivity contribution in [3.05, 3.63) is 75.0 Å². The topological polar surface area (TPSA) is 114 Å². The monoisotopic (exact) mass is 365 g/mol. The first-order valence-electron chi connectivity index (χ1n) is 7.46. The second-order valence-electron chi connectivity index (χ2n) is 5.20. The quantitative estimate of drug-likeness (QED) is 0.485. The lowest BCUT2D eigenvalue weighted by Crippen LogP contribution is -2.16. The molecular weight excluding hydrogens is 354 g/mol. The summed E-state index contributed by atoms with van der Waals surface area (Å²) < 4.78 is 0. The summed E-state index contributed by atoms with van der Waals surface area (Å²) in [5.74, 6) is 0.0661. The molecule has 0 bridgehead atoms. The van der Waals surface area contributed by atoms with Crippen LogP contribution < -0.4 is 11.0 Å². The number of aromatic amines is 1. The number of halogens is 1. The first kappa shape index (κ1) is 17.2. The molecule has 0 saturated carbocycles. The standard InChI is InChI=1S/C18H12ClN5O2/c19-14-8-11(6-7-15(14)25)10-21-24-18-22-16(12-4-2-1-3-5-12)13(9-20)17(26)23-18/h1-8,10,25H,(H2,22,23,24,26). The average Bonchev–Trinajstić information content (AvgIpc) is 2.65. The summed E-state index contributed by atoms with van der Waals surface area (Å²) in [5.41, 5.74) is 3.53. The molecule has 0 spiro atoms. The van der Waals surface area contributed by atoms with Gasteiger partial charge in [0.05, 0.1) is 16.9 Å². The second kappa shape index (κ2) is 7.51. The van der Waals surface area contributed by atoms with Gasteiger partial charge in [0.2, 0.25) is 5.95 Å². The fraction of sp³-hybridized carbons (Fsp3) is 0. The maximum atomic E-state index is 12.1. The van der Waals surface area contributed by atoms with Gasteiger partial charge in [0.1, 0.15) is 17.4 Å². The molecule has 3 rings (SSSR count). The van der Waals surface area contributed by atoms with Crippen molar-refractivity contribution in [1.82, 2.24) is 9.97 Å². The summed E-state index contributed by atoms with van der Waals surface area (Å²) in [6, 6.07) is 15.4. The van der Waals surface area contributed by atoms with E-state index in [0.29, 0.717) is 11.1 Å². The highest BCUT2D eigenvalue weighted by molar-refractivity contribution is 6.32. The fourth-order valence-electron chi connectivity index (χ4n) is 2.21. The van der Waals surface area contributed by atoms with Crippen molar-refractivity contribution in [1.29, 1.82) is 5.26 Å². The lowest BCUT2D eigenvalue weighted by Gasteiger charge is -2.06. The Labute approximate surface area is 153 Å². The number of nitrogens with zero attached hydrogens (tertiary/aromatic N) is 3. The molecule has 0 fully saturated rings. The molecule has 3 N–H and O–H groups in total. The van der Waals surface area contributed by atoms with Gasteiger partial charge in [-0.3, -0.25) is 9.78 Å². The van der Waals surface area contributed by atoms with Crippen LogP contribution in [-0.4, -0.2) is 21.3 Å². The Bertz CT molecular complexity index is 1070. The normalized spacial score (nSPS) is 10.6. The van der Waals surface area contributed by atoms with Gasteiger partial charge in [-0.2, -0.15) is 10.4 Å². The highest BCUT2D eigenvalue weighted by Gasteiger charge is 2.12. The van der Waals surface area contributed by atoms with E-state index in [-0.39, 0.29) is 28.0 Å². The third-order valence-corrected chi connectivity index (χ3v) is 3.74. The average molecular weight is 366 g/mol. The predicted molar refractivity (Wildman–Crippen MR) is 99.3 cm³/mol. The number of aromatic nitrogens is 2. The van der Waals surface area contributed by atoms with Crippen LogP contribution in [0.1, 0.15) is 11.1 Å². The van der Waals surface area contributed by atoms with E-state index >= 15 is 0 Å². The molecule has 7 nitrogen and oxygen atoms in total. The molecule has 1 heterocycles. The van der Waals surface area contributed by atoms with E-state index in [1.54, 1.807) is 30.3 Å².